The molecule has 1 amide bonds. The third kappa shape index (κ3) is 3.33. The van der Waals surface area contributed by atoms with Crippen LogP contribution in [0, 0.1) is 17.8 Å². The Balaban J connectivity index is 0.00000147. The van der Waals surface area contributed by atoms with Gasteiger partial charge in [-0.2, -0.15) is 0 Å². The lowest BCUT2D eigenvalue weighted by Crippen LogP contribution is -2.20. The second kappa shape index (κ2) is 6.59. The fourth-order valence-corrected chi connectivity index (χ4v) is 3.80. The molecular weight excluding hydrogens is 272 g/mol. The average molecular weight is 295 g/mol. The Hall–Kier alpha value is -1.06. The van der Waals surface area contributed by atoms with E-state index in [0.29, 0.717) is 18.9 Å². The first-order chi connectivity index (χ1) is 9.24. The fraction of sp³-hybridized carbons (Fsp3) is 0.562. The van der Waals surface area contributed by atoms with Gasteiger partial charge < -0.3 is 11.1 Å². The number of nitrogens with two attached hydrogens (primary N) is 1. The van der Waals surface area contributed by atoms with E-state index in [4.69, 9.17) is 5.73 Å². The Kier molecular flexibility index (Phi) is 5.06. The number of hydrogen-bond donors (Lipinski definition) is 2. The highest BCUT2D eigenvalue weighted by Crippen LogP contribution is 2.49. The number of carbonyl (C=O) groups is 1. The SMILES string of the molecule is Cl.NCc1ccc(NC(=O)CC2CC3CCC2C3)cc1. The molecule has 110 valence electrons. The monoisotopic (exact) mass is 294 g/mol. The van der Waals surface area contributed by atoms with Gasteiger partial charge in [0.05, 0.1) is 0 Å². The lowest BCUT2D eigenvalue weighted by molar-refractivity contribution is -0.117. The number of nitrogens with one attached hydrogen (secondary N) is 1. The van der Waals surface area contributed by atoms with Gasteiger partial charge >= 0.3 is 0 Å². The van der Waals surface area contributed by atoms with Crippen LogP contribution in [0.1, 0.15) is 37.7 Å². The standard InChI is InChI=1S/C16H22N2O.ClH/c17-10-11-2-5-15(6-3-11)18-16(19)9-14-8-12-1-4-13(14)7-12;/h2-3,5-6,12-14H,1,4,7-10,17H2,(H,18,19);1H. The summed E-state index contributed by atoms with van der Waals surface area (Å²) < 4.78 is 0. The number of amides is 1. The minimum Gasteiger partial charge on any atom is -0.326 e. The zero-order valence-electron chi connectivity index (χ0n) is 11.7. The van der Waals surface area contributed by atoms with Crippen molar-refractivity contribution in [2.24, 2.45) is 23.5 Å². The first-order valence-corrected chi connectivity index (χ1v) is 7.33. The summed E-state index contributed by atoms with van der Waals surface area (Å²) in [5.41, 5.74) is 7.53. The van der Waals surface area contributed by atoms with E-state index in [9.17, 15) is 4.79 Å². The minimum atomic E-state index is 0. The summed E-state index contributed by atoms with van der Waals surface area (Å²) in [5.74, 6) is 2.52. The van der Waals surface area contributed by atoms with Crippen molar-refractivity contribution in [2.45, 2.75) is 38.6 Å². The number of anilines is 1. The maximum Gasteiger partial charge on any atom is 0.224 e. The second-order valence-electron chi connectivity index (χ2n) is 6.09. The maximum absolute atomic E-state index is 12.1. The number of benzene rings is 1. The molecule has 3 N–H and O–H groups in total. The quantitative estimate of drug-likeness (QED) is 0.895. The van der Waals surface area contributed by atoms with Crippen LogP contribution >= 0.6 is 12.4 Å². The summed E-state index contributed by atoms with van der Waals surface area (Å²) >= 11 is 0. The Bertz CT molecular complexity index is 460. The van der Waals surface area contributed by atoms with Crippen LogP contribution in [0.25, 0.3) is 0 Å². The molecule has 2 aliphatic rings. The second-order valence-corrected chi connectivity index (χ2v) is 6.09. The molecule has 0 heterocycles. The van der Waals surface area contributed by atoms with Gasteiger partial charge in [0.25, 0.3) is 0 Å². The van der Waals surface area contributed by atoms with E-state index in [0.717, 1.165) is 23.1 Å². The van der Waals surface area contributed by atoms with Gasteiger partial charge in [0.2, 0.25) is 5.91 Å². The number of rotatable bonds is 4. The fourth-order valence-electron chi connectivity index (χ4n) is 3.80. The highest BCUT2D eigenvalue weighted by atomic mass is 35.5. The predicted molar refractivity (Wildman–Crippen MR) is 83.8 cm³/mol. The third-order valence-corrected chi connectivity index (χ3v) is 4.81. The molecule has 2 aliphatic carbocycles. The summed E-state index contributed by atoms with van der Waals surface area (Å²) in [6.45, 7) is 0.541. The molecule has 3 nitrogen and oxygen atoms in total. The van der Waals surface area contributed by atoms with E-state index in [-0.39, 0.29) is 18.3 Å². The first kappa shape index (κ1) is 15.3. The molecule has 2 saturated carbocycles. The van der Waals surface area contributed by atoms with E-state index in [1.54, 1.807) is 0 Å². The number of carbonyl (C=O) groups excluding carboxylic acids is 1. The summed E-state index contributed by atoms with van der Waals surface area (Å²) in [6, 6.07) is 7.79. The zero-order valence-corrected chi connectivity index (χ0v) is 12.5. The molecular formula is C16H23ClN2O. The summed E-state index contributed by atoms with van der Waals surface area (Å²) in [6.07, 6.45) is 6.06. The van der Waals surface area contributed by atoms with Gasteiger partial charge in [-0.1, -0.05) is 18.6 Å². The molecule has 1 aromatic rings. The van der Waals surface area contributed by atoms with Gasteiger partial charge in [0.15, 0.2) is 0 Å². The molecule has 0 aromatic heterocycles. The molecule has 0 spiro atoms. The van der Waals surface area contributed by atoms with Crippen molar-refractivity contribution in [3.8, 4) is 0 Å². The lowest BCUT2D eigenvalue weighted by atomic mass is 9.86. The number of halogens is 1. The minimum absolute atomic E-state index is 0. The van der Waals surface area contributed by atoms with Crippen LogP contribution in [0.3, 0.4) is 0 Å². The molecule has 0 aliphatic heterocycles. The summed E-state index contributed by atoms with van der Waals surface area (Å²) in [5, 5.41) is 3.00. The molecule has 3 rings (SSSR count). The Labute approximate surface area is 126 Å². The Morgan fingerprint density at radius 1 is 1.20 bits per heavy atom. The van der Waals surface area contributed by atoms with Crippen molar-refractivity contribution in [2.75, 3.05) is 5.32 Å². The van der Waals surface area contributed by atoms with Gasteiger partial charge in [-0.3, -0.25) is 4.79 Å². The van der Waals surface area contributed by atoms with E-state index in [2.05, 4.69) is 5.32 Å². The van der Waals surface area contributed by atoms with Crippen molar-refractivity contribution in [3.63, 3.8) is 0 Å². The average Bonchev–Trinajstić information content (AvgIpc) is 3.02. The van der Waals surface area contributed by atoms with Gasteiger partial charge in [-0.25, -0.2) is 0 Å². The van der Waals surface area contributed by atoms with Crippen LogP contribution in [-0.2, 0) is 11.3 Å². The van der Waals surface area contributed by atoms with Crippen LogP contribution in [0.4, 0.5) is 5.69 Å². The van der Waals surface area contributed by atoms with Crippen molar-refractivity contribution in [1.29, 1.82) is 0 Å². The smallest absolute Gasteiger partial charge is 0.224 e. The maximum atomic E-state index is 12.1. The van der Waals surface area contributed by atoms with Crippen LogP contribution in [0.15, 0.2) is 24.3 Å². The van der Waals surface area contributed by atoms with Crippen LogP contribution in [0.5, 0.6) is 0 Å². The first-order valence-electron chi connectivity index (χ1n) is 7.33. The molecule has 2 fully saturated rings. The number of hydrogen-bond acceptors (Lipinski definition) is 2. The van der Waals surface area contributed by atoms with Crippen LogP contribution < -0.4 is 11.1 Å². The normalized spacial score (nSPS) is 27.1. The van der Waals surface area contributed by atoms with E-state index >= 15 is 0 Å². The molecule has 3 atom stereocenters. The molecule has 3 unspecified atom stereocenters. The van der Waals surface area contributed by atoms with Crippen LogP contribution in [0.2, 0.25) is 0 Å². The van der Waals surface area contributed by atoms with E-state index in [1.807, 2.05) is 24.3 Å². The molecule has 2 bridgehead atoms. The van der Waals surface area contributed by atoms with Gasteiger partial charge in [0.1, 0.15) is 0 Å². The van der Waals surface area contributed by atoms with Gasteiger partial charge in [-0.15, -0.1) is 12.4 Å². The van der Waals surface area contributed by atoms with Gasteiger partial charge in [-0.05, 0) is 54.7 Å². The molecule has 20 heavy (non-hydrogen) atoms. The number of fused-ring (bicyclic) bond motifs is 2. The van der Waals surface area contributed by atoms with Crippen molar-refractivity contribution in [1.82, 2.24) is 0 Å². The highest BCUT2D eigenvalue weighted by Gasteiger charge is 2.40. The van der Waals surface area contributed by atoms with Gasteiger partial charge in [0, 0.05) is 18.7 Å². The van der Waals surface area contributed by atoms with Crippen LogP contribution in [-0.4, -0.2) is 5.91 Å². The summed E-state index contributed by atoms with van der Waals surface area (Å²) in [4.78, 5) is 12.1. The van der Waals surface area contributed by atoms with Crippen molar-refractivity contribution < 1.29 is 4.79 Å². The van der Waals surface area contributed by atoms with E-state index < -0.39 is 0 Å². The van der Waals surface area contributed by atoms with Crippen molar-refractivity contribution >= 4 is 24.0 Å². The molecule has 0 saturated heterocycles. The molecule has 1 aromatic carbocycles. The molecule has 0 radical (unpaired) electrons. The largest absolute Gasteiger partial charge is 0.326 e. The Morgan fingerprint density at radius 2 is 1.95 bits per heavy atom. The lowest BCUT2D eigenvalue weighted by Gasteiger charge is -2.20. The predicted octanol–water partition coefficient (Wildman–Crippen LogP) is 3.33. The zero-order chi connectivity index (χ0) is 13.2. The van der Waals surface area contributed by atoms with Crippen molar-refractivity contribution in [3.05, 3.63) is 29.8 Å². The third-order valence-electron chi connectivity index (χ3n) is 4.81. The summed E-state index contributed by atoms with van der Waals surface area (Å²) in [7, 11) is 0. The topological polar surface area (TPSA) is 55.1 Å². The van der Waals surface area contributed by atoms with E-state index in [1.165, 1.54) is 25.7 Å². The molecule has 4 heteroatoms. The Morgan fingerprint density at radius 3 is 2.50 bits per heavy atom. The highest BCUT2D eigenvalue weighted by molar-refractivity contribution is 5.90.